The molecule has 0 saturated heterocycles. The number of aliphatic hydroxyl groups is 1. The van der Waals surface area contributed by atoms with E-state index in [9.17, 15) is 18.7 Å². The highest BCUT2D eigenvalue weighted by atomic mass is 35.5. The van der Waals surface area contributed by atoms with E-state index in [2.05, 4.69) is 10.3 Å². The minimum atomic E-state index is -2.78. The zero-order valence-electron chi connectivity index (χ0n) is 15.7. The summed E-state index contributed by atoms with van der Waals surface area (Å²) in [5, 5.41) is 12.7. The lowest BCUT2D eigenvalue weighted by molar-refractivity contribution is 0.0662. The van der Waals surface area contributed by atoms with Gasteiger partial charge in [0.25, 0.3) is 6.43 Å². The van der Waals surface area contributed by atoms with Gasteiger partial charge in [-0.15, -0.1) is 0 Å². The van der Waals surface area contributed by atoms with E-state index in [1.54, 1.807) is 43.7 Å². The first-order valence-electron chi connectivity index (χ1n) is 8.70. The number of imidazole rings is 1. The molecule has 3 rings (SSSR count). The molecule has 0 amide bonds. The maximum atomic E-state index is 13.3. The summed E-state index contributed by atoms with van der Waals surface area (Å²) in [7, 11) is 1.66. The van der Waals surface area contributed by atoms with Gasteiger partial charge in [-0.25, -0.2) is 18.6 Å². The zero-order chi connectivity index (χ0) is 20.6. The van der Waals surface area contributed by atoms with Gasteiger partial charge < -0.3 is 10.4 Å². The SMILES string of the molecule is Cn1c(=O)n(CCC(C)(C)O)c2cc(Nc3ccnc(Cl)c3C(F)F)ccc21. The van der Waals surface area contributed by atoms with E-state index in [1.165, 1.54) is 16.8 Å². The molecular formula is C19H21ClF2N4O2. The minimum absolute atomic E-state index is 0.149. The second kappa shape index (κ2) is 7.52. The van der Waals surface area contributed by atoms with Crippen LogP contribution in [0.25, 0.3) is 11.0 Å². The van der Waals surface area contributed by atoms with Crippen molar-refractivity contribution in [2.24, 2.45) is 7.05 Å². The number of halogens is 3. The molecule has 2 N–H and O–H groups in total. The number of hydrogen-bond acceptors (Lipinski definition) is 4. The average Bonchev–Trinajstić information content (AvgIpc) is 2.82. The molecule has 0 radical (unpaired) electrons. The second-order valence-electron chi connectivity index (χ2n) is 7.25. The summed E-state index contributed by atoms with van der Waals surface area (Å²) >= 11 is 5.82. The third-order valence-electron chi connectivity index (χ3n) is 4.53. The fraction of sp³-hybridized carbons (Fsp3) is 0.368. The van der Waals surface area contributed by atoms with Crippen LogP contribution in [0.1, 0.15) is 32.3 Å². The Balaban J connectivity index is 2.03. The number of fused-ring (bicyclic) bond motifs is 1. The summed E-state index contributed by atoms with van der Waals surface area (Å²) in [6.45, 7) is 3.68. The maximum absolute atomic E-state index is 13.3. The molecule has 6 nitrogen and oxygen atoms in total. The molecule has 1 aromatic carbocycles. The first-order chi connectivity index (χ1) is 13.1. The zero-order valence-corrected chi connectivity index (χ0v) is 16.5. The number of aryl methyl sites for hydroxylation is 2. The fourth-order valence-electron chi connectivity index (χ4n) is 3.01. The standard InChI is InChI=1S/C19H21ClF2N4O2/c1-19(2,28)7-9-26-14-10-11(4-5-13(14)25(3)18(26)27)24-12-6-8-23-16(20)15(12)17(21)22/h4-6,8,10,17,28H,7,9H2,1-3H3,(H,23,24). The van der Waals surface area contributed by atoms with Crippen LogP contribution in [0.5, 0.6) is 0 Å². The van der Waals surface area contributed by atoms with E-state index in [-0.39, 0.29) is 22.1 Å². The molecular weight excluding hydrogens is 390 g/mol. The lowest BCUT2D eigenvalue weighted by Gasteiger charge is -2.17. The molecule has 0 aliphatic heterocycles. The number of alkyl halides is 2. The van der Waals surface area contributed by atoms with Gasteiger partial charge in [-0.1, -0.05) is 11.6 Å². The number of pyridine rings is 1. The van der Waals surface area contributed by atoms with Crippen molar-refractivity contribution in [2.75, 3.05) is 5.32 Å². The van der Waals surface area contributed by atoms with Crippen LogP contribution in [0.3, 0.4) is 0 Å². The predicted octanol–water partition coefficient (Wildman–Crippen LogP) is 4.23. The summed E-state index contributed by atoms with van der Waals surface area (Å²) in [5.74, 6) is 0. The Kier molecular flexibility index (Phi) is 5.45. The number of benzene rings is 1. The van der Waals surface area contributed by atoms with Crippen LogP contribution >= 0.6 is 11.6 Å². The molecule has 2 heterocycles. The van der Waals surface area contributed by atoms with Crippen LogP contribution in [0.2, 0.25) is 5.15 Å². The minimum Gasteiger partial charge on any atom is -0.390 e. The van der Waals surface area contributed by atoms with Crippen LogP contribution in [0, 0.1) is 0 Å². The summed E-state index contributed by atoms with van der Waals surface area (Å²) < 4.78 is 29.8. The molecule has 3 aromatic rings. The van der Waals surface area contributed by atoms with Gasteiger partial charge >= 0.3 is 5.69 Å². The largest absolute Gasteiger partial charge is 0.390 e. The van der Waals surface area contributed by atoms with Gasteiger partial charge in [0.05, 0.1) is 27.9 Å². The van der Waals surface area contributed by atoms with Crippen LogP contribution in [-0.4, -0.2) is 24.8 Å². The normalized spacial score (nSPS) is 12.1. The molecule has 0 unspecified atom stereocenters. The summed E-state index contributed by atoms with van der Waals surface area (Å²) in [6.07, 6.45) is -1.05. The van der Waals surface area contributed by atoms with E-state index in [4.69, 9.17) is 11.6 Å². The molecule has 0 fully saturated rings. The van der Waals surface area contributed by atoms with Crippen molar-refractivity contribution in [3.8, 4) is 0 Å². The maximum Gasteiger partial charge on any atom is 0.328 e. The summed E-state index contributed by atoms with van der Waals surface area (Å²) in [4.78, 5) is 16.3. The van der Waals surface area contributed by atoms with Gasteiger partial charge in [0.2, 0.25) is 0 Å². The van der Waals surface area contributed by atoms with Gasteiger partial charge in [0.15, 0.2) is 0 Å². The van der Waals surface area contributed by atoms with Gasteiger partial charge in [-0.3, -0.25) is 9.13 Å². The molecule has 28 heavy (non-hydrogen) atoms. The number of aromatic nitrogens is 3. The predicted molar refractivity (Wildman–Crippen MR) is 106 cm³/mol. The Morgan fingerprint density at radius 1 is 1.29 bits per heavy atom. The monoisotopic (exact) mass is 410 g/mol. The average molecular weight is 411 g/mol. The van der Waals surface area contributed by atoms with Gasteiger partial charge in [-0.05, 0) is 44.5 Å². The molecule has 0 saturated carbocycles. The topological polar surface area (TPSA) is 72.1 Å². The third kappa shape index (κ3) is 4.02. The van der Waals surface area contributed by atoms with Gasteiger partial charge in [0, 0.05) is 25.5 Å². The van der Waals surface area contributed by atoms with Crippen molar-refractivity contribution in [1.29, 1.82) is 0 Å². The highest BCUT2D eigenvalue weighted by molar-refractivity contribution is 6.30. The van der Waals surface area contributed by atoms with Crippen LogP contribution in [0.4, 0.5) is 20.2 Å². The second-order valence-corrected chi connectivity index (χ2v) is 7.61. The van der Waals surface area contributed by atoms with Crippen molar-refractivity contribution in [1.82, 2.24) is 14.1 Å². The first kappa shape index (κ1) is 20.3. The Labute approximate surface area is 165 Å². The molecule has 0 spiro atoms. The Morgan fingerprint density at radius 3 is 2.64 bits per heavy atom. The van der Waals surface area contributed by atoms with Crippen LogP contribution in [-0.2, 0) is 13.6 Å². The third-order valence-corrected chi connectivity index (χ3v) is 4.83. The lowest BCUT2D eigenvalue weighted by atomic mass is 10.1. The molecule has 2 aromatic heterocycles. The number of nitrogens with zero attached hydrogens (tertiary/aromatic N) is 3. The number of rotatable bonds is 6. The number of hydrogen-bond donors (Lipinski definition) is 2. The van der Waals surface area contributed by atoms with Crippen molar-refractivity contribution >= 4 is 34.0 Å². The number of nitrogens with one attached hydrogen (secondary N) is 1. The first-order valence-corrected chi connectivity index (χ1v) is 9.07. The molecule has 0 aliphatic carbocycles. The molecule has 0 atom stereocenters. The fourth-order valence-corrected chi connectivity index (χ4v) is 3.25. The summed E-state index contributed by atoms with van der Waals surface area (Å²) in [6, 6.07) is 6.57. The quantitative estimate of drug-likeness (QED) is 0.596. The van der Waals surface area contributed by atoms with E-state index >= 15 is 0 Å². The van der Waals surface area contributed by atoms with E-state index < -0.39 is 12.0 Å². The Bertz CT molecular complexity index is 1070. The van der Waals surface area contributed by atoms with E-state index in [1.807, 2.05) is 0 Å². The number of anilines is 2. The van der Waals surface area contributed by atoms with Gasteiger partial charge in [-0.2, -0.15) is 0 Å². The summed E-state index contributed by atoms with van der Waals surface area (Å²) in [5.41, 5.74) is 0.509. The smallest absolute Gasteiger partial charge is 0.328 e. The van der Waals surface area contributed by atoms with Crippen molar-refractivity contribution < 1.29 is 13.9 Å². The van der Waals surface area contributed by atoms with E-state index in [0.29, 0.717) is 29.7 Å². The Morgan fingerprint density at radius 2 is 2.00 bits per heavy atom. The Hall–Kier alpha value is -2.45. The van der Waals surface area contributed by atoms with E-state index in [0.717, 1.165) is 0 Å². The van der Waals surface area contributed by atoms with Crippen molar-refractivity contribution in [2.45, 2.75) is 38.8 Å². The van der Waals surface area contributed by atoms with Crippen molar-refractivity contribution in [3.05, 3.63) is 51.7 Å². The van der Waals surface area contributed by atoms with Crippen molar-refractivity contribution in [3.63, 3.8) is 0 Å². The highest BCUT2D eigenvalue weighted by Crippen LogP contribution is 2.34. The van der Waals surface area contributed by atoms with Crippen LogP contribution in [0.15, 0.2) is 35.3 Å². The van der Waals surface area contributed by atoms with Crippen LogP contribution < -0.4 is 11.0 Å². The highest BCUT2D eigenvalue weighted by Gasteiger charge is 2.19. The van der Waals surface area contributed by atoms with Gasteiger partial charge in [0.1, 0.15) is 5.15 Å². The lowest BCUT2D eigenvalue weighted by Crippen LogP contribution is -2.27. The molecule has 150 valence electrons. The molecule has 9 heteroatoms. The molecule has 0 aliphatic rings. The molecule has 0 bridgehead atoms.